The van der Waals surface area contributed by atoms with E-state index in [-0.39, 0.29) is 10.7 Å². The van der Waals surface area contributed by atoms with Crippen molar-refractivity contribution in [2.45, 2.75) is 44.9 Å². The predicted molar refractivity (Wildman–Crippen MR) is 122 cm³/mol. The Bertz CT molecular complexity index is 1470. The molecule has 0 atom stereocenters. The summed E-state index contributed by atoms with van der Waals surface area (Å²) in [5.41, 5.74) is 4.10. The summed E-state index contributed by atoms with van der Waals surface area (Å²) in [5, 5.41) is 2.20. The van der Waals surface area contributed by atoms with Crippen molar-refractivity contribution in [2.75, 3.05) is 4.72 Å². The Kier molecular flexibility index (Phi) is 4.45. The Morgan fingerprint density at radius 3 is 2.29 bits per heavy atom. The number of rotatable bonds is 3. The van der Waals surface area contributed by atoms with Crippen LogP contribution in [0.2, 0.25) is 0 Å². The molecule has 1 N–H and O–H groups in total. The summed E-state index contributed by atoms with van der Waals surface area (Å²) in [7, 11) is -3.83. The van der Waals surface area contributed by atoms with Gasteiger partial charge in [0.1, 0.15) is 11.3 Å². The van der Waals surface area contributed by atoms with E-state index in [0.29, 0.717) is 51.9 Å². The second-order valence-electron chi connectivity index (χ2n) is 8.36. The van der Waals surface area contributed by atoms with Gasteiger partial charge in [0.2, 0.25) is 0 Å². The van der Waals surface area contributed by atoms with Crippen molar-refractivity contribution in [2.24, 2.45) is 0 Å². The Morgan fingerprint density at radius 2 is 1.58 bits per heavy atom. The van der Waals surface area contributed by atoms with Crippen molar-refractivity contribution >= 4 is 43.2 Å². The van der Waals surface area contributed by atoms with Gasteiger partial charge in [0, 0.05) is 29.0 Å². The van der Waals surface area contributed by atoms with Crippen molar-refractivity contribution in [3.63, 3.8) is 0 Å². The summed E-state index contributed by atoms with van der Waals surface area (Å²) in [6.45, 7) is 5.56. The van der Waals surface area contributed by atoms with Gasteiger partial charge in [0.05, 0.1) is 16.1 Å². The van der Waals surface area contributed by atoms with Crippen LogP contribution in [0.25, 0.3) is 21.7 Å². The molecule has 0 unspecified atom stereocenters. The first-order valence-electron chi connectivity index (χ1n) is 10.4. The molecule has 0 saturated carbocycles. The average molecular weight is 434 g/mol. The number of anilines is 1. The van der Waals surface area contributed by atoms with Crippen molar-refractivity contribution in [3.8, 4) is 0 Å². The predicted octanol–water partition coefficient (Wildman–Crippen LogP) is 5.83. The molecule has 158 valence electrons. The minimum atomic E-state index is -3.83. The first kappa shape index (κ1) is 19.8. The average Bonchev–Trinajstić information content (AvgIpc) is 3.07. The van der Waals surface area contributed by atoms with Gasteiger partial charge in [-0.2, -0.15) is 0 Å². The van der Waals surface area contributed by atoms with Crippen LogP contribution in [0.4, 0.5) is 5.69 Å². The van der Waals surface area contributed by atoms with Crippen LogP contribution in [0, 0.1) is 20.8 Å². The number of fused-ring (bicyclic) bond motifs is 5. The van der Waals surface area contributed by atoms with E-state index in [1.807, 2.05) is 43.3 Å². The molecule has 0 spiro atoms. The third kappa shape index (κ3) is 3.13. The molecular weight excluding hydrogens is 410 g/mol. The molecule has 1 aromatic heterocycles. The van der Waals surface area contributed by atoms with Crippen LogP contribution in [-0.2, 0) is 16.4 Å². The van der Waals surface area contributed by atoms with E-state index >= 15 is 0 Å². The maximum absolute atomic E-state index is 13.4. The fraction of sp³-hybridized carbons (Fsp3) is 0.240. The monoisotopic (exact) mass is 433 g/mol. The highest BCUT2D eigenvalue weighted by Crippen LogP contribution is 2.40. The highest BCUT2D eigenvalue weighted by atomic mass is 32.2. The minimum absolute atomic E-state index is 0.0503. The Labute approximate surface area is 181 Å². The van der Waals surface area contributed by atoms with Crippen molar-refractivity contribution < 1.29 is 17.6 Å². The standard InChI is InChI=1S/C25H23NO4S/c1-14-11-15(2)25(16(3)12-14)31(28,29)26-20-13-19-23-21(27)9-6-10-22(23)30-24(19)18-8-5-4-7-17(18)20/h4-5,7-8,11-13,26H,6,9-10H2,1-3H3. The zero-order valence-corrected chi connectivity index (χ0v) is 18.5. The quantitative estimate of drug-likeness (QED) is 0.441. The second-order valence-corrected chi connectivity index (χ2v) is 9.98. The normalized spacial score (nSPS) is 14.2. The number of ketones is 1. The van der Waals surface area contributed by atoms with E-state index in [1.54, 1.807) is 19.9 Å². The number of carbonyl (C=O) groups excluding carboxylic acids is 1. The maximum Gasteiger partial charge on any atom is 0.262 e. The zero-order valence-electron chi connectivity index (χ0n) is 17.7. The van der Waals surface area contributed by atoms with E-state index in [2.05, 4.69) is 4.72 Å². The molecule has 3 aromatic carbocycles. The molecule has 0 bridgehead atoms. The molecule has 6 heteroatoms. The Morgan fingerprint density at radius 1 is 0.903 bits per heavy atom. The van der Waals surface area contributed by atoms with Gasteiger partial charge in [0.15, 0.2) is 5.78 Å². The third-order valence-corrected chi connectivity index (χ3v) is 7.64. The second kappa shape index (κ2) is 6.95. The number of aryl methyl sites for hydroxylation is 4. The molecule has 1 aliphatic carbocycles. The fourth-order valence-corrected chi connectivity index (χ4v) is 6.38. The van der Waals surface area contributed by atoms with Gasteiger partial charge in [-0.25, -0.2) is 8.42 Å². The summed E-state index contributed by atoms with van der Waals surface area (Å²) in [5.74, 6) is 0.746. The van der Waals surface area contributed by atoms with Crippen LogP contribution in [-0.4, -0.2) is 14.2 Å². The highest BCUT2D eigenvalue weighted by molar-refractivity contribution is 7.92. The van der Waals surface area contributed by atoms with Gasteiger partial charge in [0.25, 0.3) is 10.0 Å². The van der Waals surface area contributed by atoms with Crippen LogP contribution in [0.1, 0.15) is 45.7 Å². The zero-order chi connectivity index (χ0) is 21.9. The first-order chi connectivity index (χ1) is 14.8. The lowest BCUT2D eigenvalue weighted by Crippen LogP contribution is -2.16. The molecule has 31 heavy (non-hydrogen) atoms. The number of benzene rings is 3. The van der Waals surface area contributed by atoms with Gasteiger partial charge >= 0.3 is 0 Å². The number of hydrogen-bond acceptors (Lipinski definition) is 4. The minimum Gasteiger partial charge on any atom is -0.460 e. The van der Waals surface area contributed by atoms with Crippen LogP contribution >= 0.6 is 0 Å². The lowest BCUT2D eigenvalue weighted by molar-refractivity contribution is 0.0971. The number of hydrogen-bond donors (Lipinski definition) is 1. The van der Waals surface area contributed by atoms with Gasteiger partial charge in [-0.15, -0.1) is 0 Å². The van der Waals surface area contributed by atoms with E-state index in [1.165, 1.54) is 0 Å². The Hall–Kier alpha value is -3.12. The van der Waals surface area contributed by atoms with Crippen molar-refractivity contribution in [3.05, 3.63) is 70.5 Å². The van der Waals surface area contributed by atoms with Crippen molar-refractivity contribution in [1.29, 1.82) is 0 Å². The number of furan rings is 1. The van der Waals surface area contributed by atoms with E-state index in [9.17, 15) is 13.2 Å². The smallest absolute Gasteiger partial charge is 0.262 e. The summed E-state index contributed by atoms with van der Waals surface area (Å²) in [6.07, 6.45) is 1.97. The summed E-state index contributed by atoms with van der Waals surface area (Å²) >= 11 is 0. The third-order valence-electron chi connectivity index (χ3n) is 5.97. The molecule has 5 nitrogen and oxygen atoms in total. The van der Waals surface area contributed by atoms with E-state index in [4.69, 9.17) is 4.42 Å². The number of carbonyl (C=O) groups is 1. The molecule has 0 amide bonds. The topological polar surface area (TPSA) is 76.4 Å². The molecule has 1 heterocycles. The van der Waals surface area contributed by atoms with Crippen LogP contribution in [0.15, 0.2) is 51.8 Å². The van der Waals surface area contributed by atoms with Gasteiger partial charge in [-0.3, -0.25) is 9.52 Å². The summed E-state index contributed by atoms with van der Waals surface area (Å²) < 4.78 is 35.7. The maximum atomic E-state index is 13.4. The summed E-state index contributed by atoms with van der Waals surface area (Å²) in [6, 6.07) is 13.0. The number of sulfonamides is 1. The van der Waals surface area contributed by atoms with Gasteiger partial charge < -0.3 is 4.42 Å². The van der Waals surface area contributed by atoms with Gasteiger partial charge in [-0.05, 0) is 44.4 Å². The molecule has 1 aliphatic rings. The fourth-order valence-electron chi connectivity index (χ4n) is 4.86. The first-order valence-corrected chi connectivity index (χ1v) is 11.9. The number of Topliss-reactive ketones (excluding diaryl/α,β-unsaturated/α-hetero) is 1. The highest BCUT2D eigenvalue weighted by Gasteiger charge is 2.27. The van der Waals surface area contributed by atoms with E-state index < -0.39 is 10.0 Å². The van der Waals surface area contributed by atoms with Crippen LogP contribution < -0.4 is 4.72 Å². The largest absolute Gasteiger partial charge is 0.460 e. The SMILES string of the molecule is Cc1cc(C)c(S(=O)(=O)Nc2cc3c4c(oc3c3ccccc23)CCCC4=O)c(C)c1. The van der Waals surface area contributed by atoms with Crippen LogP contribution in [0.5, 0.6) is 0 Å². The molecule has 0 aliphatic heterocycles. The molecule has 4 aromatic rings. The van der Waals surface area contributed by atoms with Crippen LogP contribution in [0.3, 0.4) is 0 Å². The number of nitrogens with one attached hydrogen (secondary N) is 1. The lowest BCUT2D eigenvalue weighted by atomic mass is 9.93. The molecule has 5 rings (SSSR count). The molecule has 0 fully saturated rings. The van der Waals surface area contributed by atoms with Crippen molar-refractivity contribution in [1.82, 2.24) is 0 Å². The molecule has 0 radical (unpaired) electrons. The lowest BCUT2D eigenvalue weighted by Gasteiger charge is -2.16. The Balaban J connectivity index is 1.75. The van der Waals surface area contributed by atoms with Gasteiger partial charge in [-0.1, -0.05) is 42.0 Å². The van der Waals surface area contributed by atoms with E-state index in [0.717, 1.165) is 22.8 Å². The molecule has 0 saturated heterocycles. The summed E-state index contributed by atoms with van der Waals surface area (Å²) in [4.78, 5) is 12.9. The molecular formula is C25H23NO4S.